The first-order valence-electron chi connectivity index (χ1n) is 10.3. The van der Waals surface area contributed by atoms with Crippen molar-refractivity contribution in [3.8, 4) is 11.1 Å². The van der Waals surface area contributed by atoms with E-state index in [2.05, 4.69) is 34.5 Å². The molecule has 0 bridgehead atoms. The molecule has 0 radical (unpaired) electrons. The SMILES string of the molecule is CN(C)Cc1ccc(-c2ccccc2CNC(=O)c2ccc(N(C)C)c([N+](=O)[O-])c2)cc1. The van der Waals surface area contributed by atoms with Crippen LogP contribution in [0.5, 0.6) is 0 Å². The predicted octanol–water partition coefficient (Wildman–Crippen LogP) is 4.32. The molecule has 0 aromatic heterocycles. The quantitative estimate of drug-likeness (QED) is 0.424. The Morgan fingerprint density at radius 2 is 1.66 bits per heavy atom. The van der Waals surface area contributed by atoms with Gasteiger partial charge in [-0.1, -0.05) is 48.5 Å². The van der Waals surface area contributed by atoms with E-state index in [0.717, 1.165) is 23.2 Å². The Hall–Kier alpha value is -3.71. The Morgan fingerprint density at radius 1 is 0.969 bits per heavy atom. The summed E-state index contributed by atoms with van der Waals surface area (Å²) in [5.41, 5.74) is 4.93. The van der Waals surface area contributed by atoms with Crippen molar-refractivity contribution in [2.24, 2.45) is 0 Å². The Labute approximate surface area is 188 Å². The second-order valence-electron chi connectivity index (χ2n) is 8.13. The number of nitro groups is 1. The van der Waals surface area contributed by atoms with Crippen LogP contribution < -0.4 is 10.2 Å². The van der Waals surface area contributed by atoms with Crippen molar-refractivity contribution in [1.82, 2.24) is 10.2 Å². The summed E-state index contributed by atoms with van der Waals surface area (Å²) in [5, 5.41) is 14.3. The molecule has 3 rings (SSSR count). The lowest BCUT2D eigenvalue weighted by Crippen LogP contribution is -2.23. The fourth-order valence-electron chi connectivity index (χ4n) is 3.58. The maximum atomic E-state index is 12.7. The van der Waals surface area contributed by atoms with Gasteiger partial charge in [0.1, 0.15) is 5.69 Å². The molecular formula is C25H28N4O3. The van der Waals surface area contributed by atoms with E-state index in [9.17, 15) is 14.9 Å². The third-order valence-corrected chi connectivity index (χ3v) is 5.14. The summed E-state index contributed by atoms with van der Waals surface area (Å²) in [5.74, 6) is -0.352. The van der Waals surface area contributed by atoms with Gasteiger partial charge in [-0.25, -0.2) is 0 Å². The normalized spacial score (nSPS) is 10.8. The second-order valence-corrected chi connectivity index (χ2v) is 8.13. The topological polar surface area (TPSA) is 78.7 Å². The standard InChI is InChI=1S/C25H28N4O3/c1-27(2)17-18-9-11-19(12-10-18)22-8-6-5-7-21(22)16-26-25(30)20-13-14-23(28(3)4)24(15-20)29(31)32/h5-15H,16-17H2,1-4H3,(H,26,30). The van der Waals surface area contributed by atoms with Gasteiger partial charge in [0.15, 0.2) is 0 Å². The van der Waals surface area contributed by atoms with E-state index in [1.807, 2.05) is 38.4 Å². The molecule has 0 aliphatic heterocycles. The molecule has 3 aromatic rings. The van der Waals surface area contributed by atoms with Crippen LogP contribution in [0.3, 0.4) is 0 Å². The van der Waals surface area contributed by atoms with Crippen molar-refractivity contribution >= 4 is 17.3 Å². The average Bonchev–Trinajstić information content (AvgIpc) is 2.77. The van der Waals surface area contributed by atoms with Gasteiger partial charge in [0.2, 0.25) is 0 Å². The number of hydrogen-bond acceptors (Lipinski definition) is 5. The third-order valence-electron chi connectivity index (χ3n) is 5.14. The van der Waals surface area contributed by atoms with E-state index in [1.54, 1.807) is 31.1 Å². The molecule has 32 heavy (non-hydrogen) atoms. The molecule has 3 aromatic carbocycles. The molecular weight excluding hydrogens is 404 g/mol. The number of nitrogens with zero attached hydrogens (tertiary/aromatic N) is 3. The molecule has 0 fully saturated rings. The van der Waals surface area contributed by atoms with Crippen LogP contribution in [0.15, 0.2) is 66.7 Å². The third kappa shape index (κ3) is 5.50. The van der Waals surface area contributed by atoms with E-state index in [0.29, 0.717) is 12.2 Å². The monoisotopic (exact) mass is 432 g/mol. The van der Waals surface area contributed by atoms with Gasteiger partial charge in [-0.2, -0.15) is 0 Å². The molecule has 0 atom stereocenters. The van der Waals surface area contributed by atoms with Gasteiger partial charge in [0.25, 0.3) is 11.6 Å². The van der Waals surface area contributed by atoms with E-state index in [-0.39, 0.29) is 17.2 Å². The first-order chi connectivity index (χ1) is 15.3. The van der Waals surface area contributed by atoms with Crippen molar-refractivity contribution in [1.29, 1.82) is 0 Å². The molecule has 0 saturated heterocycles. The van der Waals surface area contributed by atoms with Crippen LogP contribution in [-0.4, -0.2) is 43.9 Å². The number of carbonyl (C=O) groups excluding carboxylic acids is 1. The van der Waals surface area contributed by atoms with Crippen molar-refractivity contribution in [2.75, 3.05) is 33.1 Å². The van der Waals surface area contributed by atoms with Crippen LogP contribution in [0.25, 0.3) is 11.1 Å². The summed E-state index contributed by atoms with van der Waals surface area (Å²) < 4.78 is 0. The molecule has 0 saturated carbocycles. The largest absolute Gasteiger partial charge is 0.372 e. The van der Waals surface area contributed by atoms with Crippen molar-refractivity contribution < 1.29 is 9.72 Å². The van der Waals surface area contributed by atoms with Gasteiger partial charge in [-0.05, 0) is 48.5 Å². The van der Waals surface area contributed by atoms with Crippen molar-refractivity contribution in [2.45, 2.75) is 13.1 Å². The van der Waals surface area contributed by atoms with Crippen LogP contribution >= 0.6 is 0 Å². The number of carbonyl (C=O) groups is 1. The number of nitro benzene ring substituents is 1. The first-order valence-corrected chi connectivity index (χ1v) is 10.3. The van der Waals surface area contributed by atoms with Gasteiger partial charge < -0.3 is 15.1 Å². The Bertz CT molecular complexity index is 1110. The zero-order valence-electron chi connectivity index (χ0n) is 18.8. The number of amides is 1. The molecule has 1 N–H and O–H groups in total. The van der Waals surface area contributed by atoms with Gasteiger partial charge in [0.05, 0.1) is 4.92 Å². The van der Waals surface area contributed by atoms with Crippen LogP contribution in [0.1, 0.15) is 21.5 Å². The molecule has 0 unspecified atom stereocenters. The Morgan fingerprint density at radius 3 is 2.28 bits per heavy atom. The molecule has 166 valence electrons. The predicted molar refractivity (Wildman–Crippen MR) is 128 cm³/mol. The summed E-state index contributed by atoms with van der Waals surface area (Å²) in [6.45, 7) is 1.19. The highest BCUT2D eigenvalue weighted by Gasteiger charge is 2.19. The fraction of sp³-hybridized carbons (Fsp3) is 0.240. The minimum atomic E-state index is -0.471. The van der Waals surface area contributed by atoms with Gasteiger partial charge in [0, 0.05) is 38.8 Å². The average molecular weight is 433 g/mol. The smallest absolute Gasteiger partial charge is 0.293 e. The first kappa shape index (κ1) is 23.0. The molecule has 0 aliphatic rings. The minimum Gasteiger partial charge on any atom is -0.372 e. The summed E-state index contributed by atoms with van der Waals surface area (Å²) in [6, 6.07) is 20.8. The van der Waals surface area contributed by atoms with Crippen molar-refractivity contribution in [3.05, 3.63) is 93.5 Å². The number of hydrogen-bond donors (Lipinski definition) is 1. The number of rotatable bonds is 8. The highest BCUT2D eigenvalue weighted by Crippen LogP contribution is 2.28. The van der Waals surface area contributed by atoms with Crippen LogP contribution in [0.4, 0.5) is 11.4 Å². The molecule has 7 nitrogen and oxygen atoms in total. The Balaban J connectivity index is 1.77. The maximum Gasteiger partial charge on any atom is 0.293 e. The number of benzene rings is 3. The van der Waals surface area contributed by atoms with Crippen LogP contribution in [-0.2, 0) is 13.1 Å². The lowest BCUT2D eigenvalue weighted by Gasteiger charge is -2.14. The van der Waals surface area contributed by atoms with Gasteiger partial charge in [-0.15, -0.1) is 0 Å². The zero-order valence-corrected chi connectivity index (χ0v) is 18.8. The molecule has 0 heterocycles. The highest BCUT2D eigenvalue weighted by atomic mass is 16.6. The summed E-state index contributed by atoms with van der Waals surface area (Å²) in [7, 11) is 7.53. The van der Waals surface area contributed by atoms with E-state index in [1.165, 1.54) is 11.6 Å². The number of anilines is 1. The lowest BCUT2D eigenvalue weighted by molar-refractivity contribution is -0.384. The van der Waals surface area contributed by atoms with Crippen molar-refractivity contribution in [3.63, 3.8) is 0 Å². The summed E-state index contributed by atoms with van der Waals surface area (Å²) >= 11 is 0. The maximum absolute atomic E-state index is 12.7. The molecule has 7 heteroatoms. The summed E-state index contributed by atoms with van der Waals surface area (Å²) in [4.78, 5) is 27.4. The fourth-order valence-corrected chi connectivity index (χ4v) is 3.58. The van der Waals surface area contributed by atoms with Crippen LogP contribution in [0.2, 0.25) is 0 Å². The van der Waals surface area contributed by atoms with E-state index < -0.39 is 4.92 Å². The van der Waals surface area contributed by atoms with Gasteiger partial charge >= 0.3 is 0 Å². The summed E-state index contributed by atoms with van der Waals surface area (Å²) in [6.07, 6.45) is 0. The van der Waals surface area contributed by atoms with Crippen LogP contribution in [0, 0.1) is 10.1 Å². The molecule has 0 aliphatic carbocycles. The molecule has 0 spiro atoms. The van der Waals surface area contributed by atoms with E-state index >= 15 is 0 Å². The van der Waals surface area contributed by atoms with Gasteiger partial charge in [-0.3, -0.25) is 14.9 Å². The lowest BCUT2D eigenvalue weighted by atomic mass is 9.98. The highest BCUT2D eigenvalue weighted by molar-refractivity contribution is 5.95. The molecule has 1 amide bonds. The zero-order chi connectivity index (χ0) is 23.3. The Kier molecular flexibility index (Phi) is 7.22. The van der Waals surface area contributed by atoms with E-state index in [4.69, 9.17) is 0 Å². The number of nitrogens with one attached hydrogen (secondary N) is 1. The second kappa shape index (κ2) is 10.1. The minimum absolute atomic E-state index is 0.0964.